The number of hydrogen-bond donors (Lipinski definition) is 1. The van der Waals surface area contributed by atoms with Crippen LogP contribution in [0.3, 0.4) is 0 Å². The third kappa shape index (κ3) is 2.70. The lowest BCUT2D eigenvalue weighted by atomic mass is 10.1. The lowest BCUT2D eigenvalue weighted by Gasteiger charge is -2.15. The second-order valence-electron chi connectivity index (χ2n) is 3.46. The standard InChI is InChI=1S/C12H15NOS/c1-2-13-11(12-4-3-7-15-12)8-10-5-6-14-9-10/h3-7,9,11,13H,2,8H2,1H3. The van der Waals surface area contributed by atoms with Crippen molar-refractivity contribution < 1.29 is 4.42 Å². The lowest BCUT2D eigenvalue weighted by Crippen LogP contribution is -2.21. The summed E-state index contributed by atoms with van der Waals surface area (Å²) in [4.78, 5) is 1.39. The van der Waals surface area contributed by atoms with Gasteiger partial charge in [0, 0.05) is 10.9 Å². The molecule has 3 heteroatoms. The second-order valence-corrected chi connectivity index (χ2v) is 4.44. The molecule has 0 bridgehead atoms. The zero-order valence-corrected chi connectivity index (χ0v) is 9.59. The van der Waals surface area contributed by atoms with Gasteiger partial charge in [0.25, 0.3) is 0 Å². The van der Waals surface area contributed by atoms with Crippen molar-refractivity contribution in [3.63, 3.8) is 0 Å². The summed E-state index contributed by atoms with van der Waals surface area (Å²) in [5.41, 5.74) is 1.24. The summed E-state index contributed by atoms with van der Waals surface area (Å²) < 4.78 is 5.09. The Kier molecular flexibility index (Phi) is 3.59. The Morgan fingerprint density at radius 3 is 3.00 bits per heavy atom. The zero-order chi connectivity index (χ0) is 10.5. The van der Waals surface area contributed by atoms with E-state index in [2.05, 4.69) is 29.8 Å². The number of nitrogens with one attached hydrogen (secondary N) is 1. The summed E-state index contributed by atoms with van der Waals surface area (Å²) in [5.74, 6) is 0. The van der Waals surface area contributed by atoms with Crippen molar-refractivity contribution in [2.45, 2.75) is 19.4 Å². The monoisotopic (exact) mass is 221 g/mol. The molecule has 0 aliphatic heterocycles. The fourth-order valence-corrected chi connectivity index (χ4v) is 2.46. The van der Waals surface area contributed by atoms with Gasteiger partial charge in [-0.05, 0) is 36.0 Å². The van der Waals surface area contributed by atoms with E-state index >= 15 is 0 Å². The van der Waals surface area contributed by atoms with E-state index in [0.717, 1.165) is 13.0 Å². The molecule has 2 aromatic heterocycles. The topological polar surface area (TPSA) is 25.2 Å². The van der Waals surface area contributed by atoms with Gasteiger partial charge in [-0.25, -0.2) is 0 Å². The SMILES string of the molecule is CCNC(Cc1ccoc1)c1cccs1. The molecule has 2 nitrogen and oxygen atoms in total. The maximum absolute atomic E-state index is 5.09. The minimum atomic E-state index is 0.410. The summed E-state index contributed by atoms with van der Waals surface area (Å²) in [5, 5.41) is 5.61. The highest BCUT2D eigenvalue weighted by Crippen LogP contribution is 2.22. The average molecular weight is 221 g/mol. The van der Waals surface area contributed by atoms with E-state index in [0.29, 0.717) is 6.04 Å². The van der Waals surface area contributed by atoms with Crippen LogP contribution in [0.15, 0.2) is 40.5 Å². The molecule has 1 atom stereocenters. The predicted molar refractivity (Wildman–Crippen MR) is 63.1 cm³/mol. The lowest BCUT2D eigenvalue weighted by molar-refractivity contribution is 0.540. The van der Waals surface area contributed by atoms with E-state index in [1.807, 2.05) is 12.3 Å². The van der Waals surface area contributed by atoms with E-state index in [1.54, 1.807) is 17.6 Å². The van der Waals surface area contributed by atoms with E-state index in [9.17, 15) is 0 Å². The molecule has 80 valence electrons. The summed E-state index contributed by atoms with van der Waals surface area (Å²) in [7, 11) is 0. The average Bonchev–Trinajstić information content (AvgIpc) is 2.89. The first-order valence-electron chi connectivity index (χ1n) is 5.18. The molecular weight excluding hydrogens is 206 g/mol. The van der Waals surface area contributed by atoms with Crippen LogP contribution < -0.4 is 5.32 Å². The molecule has 1 unspecified atom stereocenters. The first-order chi connectivity index (χ1) is 7.40. The quantitative estimate of drug-likeness (QED) is 0.838. The van der Waals surface area contributed by atoms with Gasteiger partial charge in [0.1, 0.15) is 0 Å². The Labute approximate surface area is 93.9 Å². The zero-order valence-electron chi connectivity index (χ0n) is 8.77. The third-order valence-corrected chi connectivity index (χ3v) is 3.34. The molecule has 0 aliphatic carbocycles. The fourth-order valence-electron chi connectivity index (χ4n) is 1.65. The van der Waals surface area contributed by atoms with E-state index in [1.165, 1.54) is 10.4 Å². The van der Waals surface area contributed by atoms with Gasteiger partial charge in [0.2, 0.25) is 0 Å². The Hall–Kier alpha value is -1.06. The summed E-state index contributed by atoms with van der Waals surface area (Å²) in [6, 6.07) is 6.71. The molecule has 15 heavy (non-hydrogen) atoms. The van der Waals surface area contributed by atoms with Crippen LogP contribution in [-0.4, -0.2) is 6.54 Å². The van der Waals surface area contributed by atoms with E-state index < -0.39 is 0 Å². The maximum Gasteiger partial charge on any atom is 0.0935 e. The number of thiophene rings is 1. The third-order valence-electron chi connectivity index (χ3n) is 2.36. The van der Waals surface area contributed by atoms with Crippen LogP contribution in [0, 0.1) is 0 Å². The van der Waals surface area contributed by atoms with Gasteiger partial charge in [-0.15, -0.1) is 11.3 Å². The predicted octanol–water partition coefficient (Wildman–Crippen LogP) is 3.23. The Balaban J connectivity index is 2.07. The van der Waals surface area contributed by atoms with E-state index in [-0.39, 0.29) is 0 Å². The van der Waals surface area contributed by atoms with Gasteiger partial charge < -0.3 is 9.73 Å². The molecule has 0 spiro atoms. The molecule has 0 saturated heterocycles. The van der Waals surface area contributed by atoms with Crippen LogP contribution in [0.25, 0.3) is 0 Å². The van der Waals surface area contributed by atoms with Crippen molar-refractivity contribution in [2.24, 2.45) is 0 Å². The molecule has 0 saturated carbocycles. The van der Waals surface area contributed by atoms with Gasteiger partial charge in [-0.2, -0.15) is 0 Å². The summed E-state index contributed by atoms with van der Waals surface area (Å²) in [6.07, 6.45) is 4.54. The first kappa shape index (κ1) is 10.5. The molecule has 1 N–H and O–H groups in total. The molecule has 0 aliphatic rings. The van der Waals surface area contributed by atoms with Gasteiger partial charge in [0.05, 0.1) is 12.5 Å². The van der Waals surface area contributed by atoms with Crippen molar-refractivity contribution in [1.82, 2.24) is 5.32 Å². The molecule has 2 aromatic rings. The molecular formula is C12H15NOS. The number of hydrogen-bond acceptors (Lipinski definition) is 3. The Morgan fingerprint density at radius 2 is 2.40 bits per heavy atom. The van der Waals surface area contributed by atoms with Crippen LogP contribution in [0.4, 0.5) is 0 Å². The van der Waals surface area contributed by atoms with Gasteiger partial charge in [-0.3, -0.25) is 0 Å². The van der Waals surface area contributed by atoms with Crippen molar-refractivity contribution in [3.8, 4) is 0 Å². The van der Waals surface area contributed by atoms with Crippen LogP contribution in [0.1, 0.15) is 23.4 Å². The molecule has 2 heterocycles. The molecule has 0 fully saturated rings. The number of rotatable bonds is 5. The minimum absolute atomic E-state index is 0.410. The van der Waals surface area contributed by atoms with Gasteiger partial charge in [0.15, 0.2) is 0 Å². The highest BCUT2D eigenvalue weighted by molar-refractivity contribution is 7.10. The molecule has 0 amide bonds. The van der Waals surface area contributed by atoms with Gasteiger partial charge in [-0.1, -0.05) is 13.0 Å². The van der Waals surface area contributed by atoms with Crippen molar-refractivity contribution >= 4 is 11.3 Å². The molecule has 0 radical (unpaired) electrons. The fraction of sp³-hybridized carbons (Fsp3) is 0.333. The van der Waals surface area contributed by atoms with Gasteiger partial charge >= 0.3 is 0 Å². The smallest absolute Gasteiger partial charge is 0.0935 e. The van der Waals surface area contributed by atoms with Crippen LogP contribution in [0.5, 0.6) is 0 Å². The Morgan fingerprint density at radius 1 is 1.47 bits per heavy atom. The second kappa shape index (κ2) is 5.14. The van der Waals surface area contributed by atoms with Crippen molar-refractivity contribution in [2.75, 3.05) is 6.54 Å². The number of furan rings is 1. The van der Waals surface area contributed by atoms with Crippen molar-refractivity contribution in [3.05, 3.63) is 46.5 Å². The van der Waals surface area contributed by atoms with Crippen LogP contribution >= 0.6 is 11.3 Å². The molecule has 2 rings (SSSR count). The highest BCUT2D eigenvalue weighted by Gasteiger charge is 2.12. The first-order valence-corrected chi connectivity index (χ1v) is 6.06. The summed E-state index contributed by atoms with van der Waals surface area (Å²) >= 11 is 1.80. The van der Waals surface area contributed by atoms with Crippen molar-refractivity contribution in [1.29, 1.82) is 0 Å². The highest BCUT2D eigenvalue weighted by atomic mass is 32.1. The molecule has 0 aromatic carbocycles. The maximum atomic E-state index is 5.09. The van der Waals surface area contributed by atoms with E-state index in [4.69, 9.17) is 4.42 Å². The van der Waals surface area contributed by atoms with Crippen LogP contribution in [0.2, 0.25) is 0 Å². The normalized spacial score (nSPS) is 12.9. The number of likely N-dealkylation sites (N-methyl/N-ethyl adjacent to an activating group) is 1. The summed E-state index contributed by atoms with van der Waals surface area (Å²) in [6.45, 7) is 3.12. The largest absolute Gasteiger partial charge is 0.472 e. The van der Waals surface area contributed by atoms with Crippen LogP contribution in [-0.2, 0) is 6.42 Å². The Bertz CT molecular complexity index is 366. The minimum Gasteiger partial charge on any atom is -0.472 e.